The minimum Gasteiger partial charge on any atom is -0.480 e. The van der Waals surface area contributed by atoms with Crippen molar-refractivity contribution in [1.82, 2.24) is 19.9 Å². The molecule has 0 saturated carbocycles. The van der Waals surface area contributed by atoms with Crippen LogP contribution in [-0.4, -0.2) is 52.1 Å². The molecule has 0 aromatic carbocycles. The van der Waals surface area contributed by atoms with Crippen molar-refractivity contribution in [2.75, 3.05) is 30.3 Å². The van der Waals surface area contributed by atoms with Crippen LogP contribution in [0.2, 0.25) is 0 Å². The molecular formula is C20H24FN7O2. The molecule has 0 radical (unpaired) electrons. The van der Waals surface area contributed by atoms with Crippen LogP contribution in [0.4, 0.5) is 16.0 Å². The van der Waals surface area contributed by atoms with Gasteiger partial charge in [0.2, 0.25) is 0 Å². The highest BCUT2D eigenvalue weighted by molar-refractivity contribution is 6.04. The Balaban J connectivity index is 1.63. The second-order valence-corrected chi connectivity index (χ2v) is 7.97. The molecular weight excluding hydrogens is 389 g/mol. The number of carbonyl (C=O) groups excluding carboxylic acids is 1. The molecule has 3 N–H and O–H groups in total. The number of nitrogens with two attached hydrogens (primary N) is 1. The minimum atomic E-state index is -0.333. The molecule has 0 spiro atoms. The second-order valence-electron chi connectivity index (χ2n) is 7.97. The van der Waals surface area contributed by atoms with Gasteiger partial charge < -0.3 is 20.7 Å². The Morgan fingerprint density at radius 1 is 1.37 bits per heavy atom. The third-order valence-electron chi connectivity index (χ3n) is 6.16. The van der Waals surface area contributed by atoms with Gasteiger partial charge in [0.1, 0.15) is 17.2 Å². The minimum absolute atomic E-state index is 0.00589. The van der Waals surface area contributed by atoms with Crippen LogP contribution < -0.4 is 16.0 Å². The lowest BCUT2D eigenvalue weighted by Gasteiger charge is -2.37. The van der Waals surface area contributed by atoms with Gasteiger partial charge in [-0.05, 0) is 25.3 Å². The van der Waals surface area contributed by atoms with Crippen molar-refractivity contribution in [3.05, 3.63) is 29.9 Å². The van der Waals surface area contributed by atoms with E-state index < -0.39 is 0 Å². The largest absolute Gasteiger partial charge is 0.480 e. The zero-order valence-electron chi connectivity index (χ0n) is 16.7. The van der Waals surface area contributed by atoms with Gasteiger partial charge in [-0.3, -0.25) is 4.79 Å². The summed E-state index contributed by atoms with van der Waals surface area (Å²) in [7, 11) is 0. The van der Waals surface area contributed by atoms with Gasteiger partial charge in [-0.2, -0.15) is 0 Å². The van der Waals surface area contributed by atoms with Crippen molar-refractivity contribution in [2.24, 2.45) is 16.8 Å². The zero-order chi connectivity index (χ0) is 20.8. The van der Waals surface area contributed by atoms with E-state index >= 15 is 0 Å². The average molecular weight is 413 g/mol. The normalized spacial score (nSPS) is 26.9. The highest BCUT2D eigenvalue weighted by Crippen LogP contribution is 2.38. The maximum Gasteiger partial charge on any atom is 0.258 e. The van der Waals surface area contributed by atoms with E-state index in [1.807, 2.05) is 13.0 Å². The molecule has 5 heterocycles. The highest BCUT2D eigenvalue weighted by Gasteiger charge is 2.42. The fraction of sp³-hybridized carbons (Fsp3) is 0.500. The van der Waals surface area contributed by atoms with Gasteiger partial charge in [0.15, 0.2) is 17.4 Å². The molecule has 5 rings (SSSR count). The van der Waals surface area contributed by atoms with Gasteiger partial charge in [-0.15, -0.1) is 5.10 Å². The van der Waals surface area contributed by atoms with E-state index in [0.29, 0.717) is 36.9 Å². The van der Waals surface area contributed by atoms with Gasteiger partial charge in [-0.1, -0.05) is 6.92 Å². The highest BCUT2D eigenvalue weighted by atomic mass is 19.1. The first-order chi connectivity index (χ1) is 14.5. The third kappa shape index (κ3) is 2.98. The number of nitrogens with zero attached hydrogens (tertiary/aromatic N) is 5. The van der Waals surface area contributed by atoms with Gasteiger partial charge in [-0.25, -0.2) is 18.9 Å². The predicted molar refractivity (Wildman–Crippen MR) is 110 cm³/mol. The zero-order valence-corrected chi connectivity index (χ0v) is 16.7. The fourth-order valence-corrected chi connectivity index (χ4v) is 4.65. The van der Waals surface area contributed by atoms with E-state index in [2.05, 4.69) is 20.3 Å². The van der Waals surface area contributed by atoms with E-state index in [1.54, 1.807) is 6.20 Å². The lowest BCUT2D eigenvalue weighted by Crippen LogP contribution is -2.45. The smallest absolute Gasteiger partial charge is 0.258 e. The molecule has 3 atom stereocenters. The number of nitrogen functional groups attached to an aromatic ring is 1. The summed E-state index contributed by atoms with van der Waals surface area (Å²) < 4.78 is 22.0. The third-order valence-corrected chi connectivity index (χ3v) is 6.16. The van der Waals surface area contributed by atoms with Crippen LogP contribution in [0.25, 0.3) is 5.65 Å². The van der Waals surface area contributed by atoms with Gasteiger partial charge in [0.25, 0.3) is 5.91 Å². The van der Waals surface area contributed by atoms with Crippen molar-refractivity contribution in [3.8, 4) is 0 Å². The first-order valence-corrected chi connectivity index (χ1v) is 10.3. The average Bonchev–Trinajstić information content (AvgIpc) is 3.32. The topological polar surface area (TPSA) is 110 Å². The Labute approximate surface area is 172 Å². The van der Waals surface area contributed by atoms with Crippen molar-refractivity contribution >= 4 is 29.1 Å². The number of hydrogen-bond donors (Lipinski definition) is 2. The Hall–Kier alpha value is -3.17. The van der Waals surface area contributed by atoms with E-state index in [-0.39, 0.29) is 41.0 Å². The molecule has 3 aliphatic heterocycles. The molecule has 3 aliphatic rings. The molecule has 158 valence electrons. The summed E-state index contributed by atoms with van der Waals surface area (Å²) in [5, 5.41) is 7.07. The molecule has 30 heavy (non-hydrogen) atoms. The standard InChI is InChI=1S/C20H24FN7O2/c1-11-12(21)10-24-20-15(11)13-4-2-7-27(13)14-5-8-28-18(25-14)16(17(22)26-28)19(29)23-6-3-9-30-20/h5,8,10-11,13,15H,2-4,6-7,9H2,1H3,(H2,22,26)(H,23,29)/t11?,13-,15?/m1/s1. The quantitative estimate of drug-likeness (QED) is 0.683. The van der Waals surface area contributed by atoms with Crippen LogP contribution in [0.15, 0.2) is 29.3 Å². The fourth-order valence-electron chi connectivity index (χ4n) is 4.65. The first-order valence-electron chi connectivity index (χ1n) is 10.3. The summed E-state index contributed by atoms with van der Waals surface area (Å²) >= 11 is 0. The van der Waals surface area contributed by atoms with Crippen molar-refractivity contribution < 1.29 is 13.9 Å². The maximum absolute atomic E-state index is 14.5. The summed E-state index contributed by atoms with van der Waals surface area (Å²) in [5.41, 5.74) is 6.70. The molecule has 1 saturated heterocycles. The SMILES string of the molecule is CC1C(F)=CN=C2OCCCNC(=O)c3c(N)nn4ccc(nc34)N3CCC[C@@H]3C21. The number of ether oxygens (including phenoxy) is 1. The first kappa shape index (κ1) is 18.8. The lowest BCUT2D eigenvalue weighted by atomic mass is 9.83. The monoisotopic (exact) mass is 413 g/mol. The molecule has 2 bridgehead atoms. The molecule has 1 fully saturated rings. The number of amides is 1. The van der Waals surface area contributed by atoms with Crippen LogP contribution in [0, 0.1) is 11.8 Å². The Bertz CT molecular complexity index is 1060. The van der Waals surface area contributed by atoms with Crippen LogP contribution >= 0.6 is 0 Å². The van der Waals surface area contributed by atoms with Crippen LogP contribution in [0.5, 0.6) is 0 Å². The molecule has 2 unspecified atom stereocenters. The van der Waals surface area contributed by atoms with Crippen LogP contribution in [-0.2, 0) is 4.74 Å². The second kappa shape index (κ2) is 7.26. The summed E-state index contributed by atoms with van der Waals surface area (Å²) in [4.78, 5) is 23.9. The van der Waals surface area contributed by atoms with Crippen molar-refractivity contribution in [2.45, 2.75) is 32.2 Å². The summed E-state index contributed by atoms with van der Waals surface area (Å²) in [5.74, 6) is 0.316. The number of aliphatic imine (C=N–C) groups is 1. The van der Waals surface area contributed by atoms with Gasteiger partial charge in [0, 0.05) is 31.2 Å². The number of fused-ring (bicyclic) bond motifs is 5. The predicted octanol–water partition coefficient (Wildman–Crippen LogP) is 1.91. The van der Waals surface area contributed by atoms with Crippen LogP contribution in [0.3, 0.4) is 0 Å². The molecule has 2 aromatic rings. The summed E-state index contributed by atoms with van der Waals surface area (Å²) in [6.45, 7) is 3.44. The molecule has 2 aromatic heterocycles. The van der Waals surface area contributed by atoms with E-state index in [0.717, 1.165) is 19.4 Å². The number of halogens is 1. The molecule has 1 amide bonds. The summed E-state index contributed by atoms with van der Waals surface area (Å²) in [6, 6.07) is 1.84. The van der Waals surface area contributed by atoms with Gasteiger partial charge >= 0.3 is 0 Å². The number of carbonyl (C=O) groups is 1. The molecule has 0 aliphatic carbocycles. The Morgan fingerprint density at radius 2 is 2.23 bits per heavy atom. The van der Waals surface area contributed by atoms with E-state index in [1.165, 1.54) is 10.7 Å². The lowest BCUT2D eigenvalue weighted by molar-refractivity contribution is 0.0953. The number of nitrogens with one attached hydrogen (secondary N) is 1. The van der Waals surface area contributed by atoms with Crippen molar-refractivity contribution in [1.29, 1.82) is 0 Å². The number of allylic oxidation sites excluding steroid dienone is 1. The van der Waals surface area contributed by atoms with Crippen LogP contribution in [0.1, 0.15) is 36.5 Å². The van der Waals surface area contributed by atoms with Gasteiger partial charge in [0.05, 0.1) is 18.7 Å². The Kier molecular flexibility index (Phi) is 4.56. The maximum atomic E-state index is 14.5. The summed E-state index contributed by atoms with van der Waals surface area (Å²) in [6.07, 6.45) is 5.43. The number of aromatic nitrogens is 3. The van der Waals surface area contributed by atoms with E-state index in [4.69, 9.17) is 15.5 Å². The number of rotatable bonds is 0. The van der Waals surface area contributed by atoms with E-state index in [9.17, 15) is 9.18 Å². The Morgan fingerprint density at radius 3 is 3.10 bits per heavy atom. The number of hydrogen-bond acceptors (Lipinski definition) is 7. The molecule has 10 heteroatoms. The number of anilines is 2. The van der Waals surface area contributed by atoms with Crippen molar-refractivity contribution in [3.63, 3.8) is 0 Å². The molecule has 9 nitrogen and oxygen atoms in total.